The van der Waals surface area contributed by atoms with Crippen molar-refractivity contribution in [2.24, 2.45) is 0 Å². The van der Waals surface area contributed by atoms with Gasteiger partial charge in [0.05, 0.1) is 17.8 Å². The highest BCUT2D eigenvalue weighted by Crippen LogP contribution is 2.41. The van der Waals surface area contributed by atoms with Crippen molar-refractivity contribution in [3.8, 4) is 0 Å². The molecule has 0 radical (unpaired) electrons. The molecule has 0 amide bonds. The van der Waals surface area contributed by atoms with Crippen molar-refractivity contribution in [1.82, 2.24) is 0 Å². The summed E-state index contributed by atoms with van der Waals surface area (Å²) in [5.41, 5.74) is -1.79. The lowest BCUT2D eigenvalue weighted by atomic mass is 9.83. The van der Waals surface area contributed by atoms with E-state index >= 15 is 4.39 Å². The van der Waals surface area contributed by atoms with Gasteiger partial charge in [-0.15, -0.1) is 11.3 Å². The zero-order valence-corrected chi connectivity index (χ0v) is 15.4. The van der Waals surface area contributed by atoms with Crippen molar-refractivity contribution in [3.63, 3.8) is 0 Å². The third kappa shape index (κ3) is 5.06. The first-order chi connectivity index (χ1) is 11.4. The number of ether oxygens (including phenoxy) is 1. The highest BCUT2D eigenvalue weighted by Gasteiger charge is 2.53. The van der Waals surface area contributed by atoms with Gasteiger partial charge < -0.3 is 14.0 Å². The molecule has 1 aromatic heterocycles. The van der Waals surface area contributed by atoms with Gasteiger partial charge in [-0.25, -0.2) is 4.39 Å². The van der Waals surface area contributed by atoms with Crippen LogP contribution in [0.1, 0.15) is 39.0 Å². The zero-order chi connectivity index (χ0) is 18.9. The molecule has 1 aromatic rings. The standard InChI is InChI=1S/C16H21BF4O3S/c1-14(2)15(3,4)24-17(23-14)13(18)11(12-6-5-9-25-12)7-8-22-10-16(19,20)21/h5-6,9H,7-8,10H2,1-4H3. The summed E-state index contributed by atoms with van der Waals surface area (Å²) in [4.78, 5) is 0.614. The summed E-state index contributed by atoms with van der Waals surface area (Å²) < 4.78 is 67.6. The van der Waals surface area contributed by atoms with E-state index in [9.17, 15) is 13.2 Å². The Morgan fingerprint density at radius 2 is 1.80 bits per heavy atom. The normalized spacial score (nSPS) is 20.7. The minimum absolute atomic E-state index is 0.00744. The monoisotopic (exact) mass is 380 g/mol. The smallest absolute Gasteiger partial charge is 0.398 e. The molecule has 1 fully saturated rings. The molecule has 0 aromatic carbocycles. The van der Waals surface area contributed by atoms with E-state index in [0.717, 1.165) is 0 Å². The molecular formula is C16H21BF4O3S. The molecule has 25 heavy (non-hydrogen) atoms. The van der Waals surface area contributed by atoms with E-state index in [4.69, 9.17) is 9.31 Å². The van der Waals surface area contributed by atoms with Gasteiger partial charge in [-0.3, -0.25) is 0 Å². The summed E-state index contributed by atoms with van der Waals surface area (Å²) in [6.07, 6.45) is -4.41. The average Bonchev–Trinajstić information content (AvgIpc) is 3.04. The van der Waals surface area contributed by atoms with Crippen molar-refractivity contribution in [1.29, 1.82) is 0 Å². The fraction of sp³-hybridized carbons (Fsp3) is 0.625. The Morgan fingerprint density at radius 1 is 1.20 bits per heavy atom. The maximum absolute atomic E-state index is 15.0. The molecule has 2 rings (SSSR count). The molecule has 0 saturated carbocycles. The summed E-state index contributed by atoms with van der Waals surface area (Å²) in [5, 5.41) is 1.77. The molecule has 1 aliphatic rings. The molecule has 1 aliphatic heterocycles. The largest absolute Gasteiger partial charge is 0.525 e. The molecule has 3 nitrogen and oxygen atoms in total. The lowest BCUT2D eigenvalue weighted by Crippen LogP contribution is -2.41. The van der Waals surface area contributed by atoms with Crippen LogP contribution in [-0.4, -0.2) is 37.7 Å². The fourth-order valence-corrected chi connectivity index (χ4v) is 3.06. The summed E-state index contributed by atoms with van der Waals surface area (Å²) in [5.74, 6) is 0. The van der Waals surface area contributed by atoms with Crippen LogP contribution in [-0.2, 0) is 14.0 Å². The predicted molar refractivity (Wildman–Crippen MR) is 89.9 cm³/mol. The molecule has 1 saturated heterocycles. The van der Waals surface area contributed by atoms with Crippen LogP contribution in [0.2, 0.25) is 0 Å². The molecule has 0 spiro atoms. The van der Waals surface area contributed by atoms with E-state index in [1.165, 1.54) is 11.3 Å². The second kappa shape index (κ2) is 7.38. The van der Waals surface area contributed by atoms with Gasteiger partial charge in [-0.05, 0) is 51.1 Å². The predicted octanol–water partition coefficient (Wildman–Crippen LogP) is 5.03. The Bertz CT molecular complexity index is 595. The first kappa shape index (κ1) is 20.4. The van der Waals surface area contributed by atoms with Crippen LogP contribution in [0.25, 0.3) is 5.57 Å². The van der Waals surface area contributed by atoms with E-state index in [0.29, 0.717) is 4.88 Å². The zero-order valence-electron chi connectivity index (χ0n) is 14.6. The van der Waals surface area contributed by atoms with E-state index in [2.05, 4.69) is 4.74 Å². The Balaban J connectivity index is 2.16. The third-order valence-electron chi connectivity index (χ3n) is 4.33. The van der Waals surface area contributed by atoms with Crippen molar-refractivity contribution in [3.05, 3.63) is 28.1 Å². The van der Waals surface area contributed by atoms with E-state index < -0.39 is 36.8 Å². The Kier molecular flexibility index (Phi) is 6.03. The van der Waals surface area contributed by atoms with Crippen LogP contribution in [0.3, 0.4) is 0 Å². The lowest BCUT2D eigenvalue weighted by Gasteiger charge is -2.32. The van der Waals surface area contributed by atoms with Crippen LogP contribution in [0.15, 0.2) is 23.2 Å². The second-order valence-corrected chi connectivity index (χ2v) is 7.76. The van der Waals surface area contributed by atoms with Gasteiger partial charge >= 0.3 is 13.3 Å². The molecule has 0 atom stereocenters. The van der Waals surface area contributed by atoms with Crippen molar-refractivity contribution in [2.75, 3.05) is 13.2 Å². The molecule has 0 bridgehead atoms. The van der Waals surface area contributed by atoms with Gasteiger partial charge in [-0.1, -0.05) is 6.07 Å². The number of thiophene rings is 1. The first-order valence-corrected chi connectivity index (χ1v) is 8.73. The van der Waals surface area contributed by atoms with Crippen molar-refractivity contribution >= 4 is 24.0 Å². The Labute approximate surface area is 149 Å². The van der Waals surface area contributed by atoms with Gasteiger partial charge in [0.1, 0.15) is 12.3 Å². The quantitative estimate of drug-likeness (QED) is 0.394. The molecule has 9 heteroatoms. The van der Waals surface area contributed by atoms with Crippen molar-refractivity contribution in [2.45, 2.75) is 51.5 Å². The van der Waals surface area contributed by atoms with Crippen LogP contribution in [0, 0.1) is 0 Å². The summed E-state index contributed by atoms with van der Waals surface area (Å²) >= 11 is 1.29. The maximum Gasteiger partial charge on any atom is 0.525 e. The molecule has 0 aliphatic carbocycles. The van der Waals surface area contributed by atoms with E-state index in [1.54, 1.807) is 45.2 Å². The Morgan fingerprint density at radius 3 is 2.28 bits per heavy atom. The summed E-state index contributed by atoms with van der Waals surface area (Å²) in [7, 11) is -1.19. The van der Waals surface area contributed by atoms with E-state index in [-0.39, 0.29) is 18.6 Å². The van der Waals surface area contributed by atoms with E-state index in [1.807, 2.05) is 0 Å². The average molecular weight is 380 g/mol. The fourth-order valence-electron chi connectivity index (χ4n) is 2.26. The van der Waals surface area contributed by atoms with Crippen LogP contribution in [0.4, 0.5) is 17.6 Å². The van der Waals surface area contributed by atoms with Crippen LogP contribution < -0.4 is 0 Å². The maximum atomic E-state index is 15.0. The second-order valence-electron chi connectivity index (χ2n) is 6.81. The number of rotatable bonds is 6. The minimum atomic E-state index is -4.41. The highest BCUT2D eigenvalue weighted by atomic mass is 32.1. The van der Waals surface area contributed by atoms with Gasteiger partial charge in [-0.2, -0.15) is 13.2 Å². The minimum Gasteiger partial charge on any atom is -0.398 e. The summed E-state index contributed by atoms with van der Waals surface area (Å²) in [6.45, 7) is 5.60. The molecular weight excluding hydrogens is 359 g/mol. The first-order valence-electron chi connectivity index (χ1n) is 7.85. The number of alkyl halides is 3. The third-order valence-corrected chi connectivity index (χ3v) is 5.26. The number of halogens is 4. The van der Waals surface area contributed by atoms with Gasteiger partial charge in [0, 0.05) is 4.88 Å². The molecule has 0 N–H and O–H groups in total. The SMILES string of the molecule is CC1(C)OB(C(F)=C(CCOCC(F)(F)F)c2cccs2)OC1(C)C. The van der Waals surface area contributed by atoms with Crippen LogP contribution >= 0.6 is 11.3 Å². The van der Waals surface area contributed by atoms with Crippen LogP contribution in [0.5, 0.6) is 0 Å². The molecule has 0 unspecified atom stereocenters. The lowest BCUT2D eigenvalue weighted by molar-refractivity contribution is -0.173. The number of hydrogen-bond donors (Lipinski definition) is 0. The molecule has 140 valence electrons. The Hall–Kier alpha value is -0.895. The summed E-state index contributed by atoms with van der Waals surface area (Å²) in [6, 6.07) is 3.45. The number of hydrogen-bond acceptors (Lipinski definition) is 4. The van der Waals surface area contributed by atoms with Gasteiger partial charge in [0.15, 0.2) is 0 Å². The van der Waals surface area contributed by atoms with Gasteiger partial charge in [0.2, 0.25) is 0 Å². The van der Waals surface area contributed by atoms with Crippen molar-refractivity contribution < 1.29 is 31.6 Å². The molecule has 2 heterocycles. The topological polar surface area (TPSA) is 27.7 Å². The van der Waals surface area contributed by atoms with Gasteiger partial charge in [0.25, 0.3) is 0 Å². The highest BCUT2D eigenvalue weighted by molar-refractivity contribution is 7.11.